The summed E-state index contributed by atoms with van der Waals surface area (Å²) in [6.07, 6.45) is -34.9. The van der Waals surface area contributed by atoms with Crippen LogP contribution in [-0.4, -0.2) is 367 Å². The highest BCUT2D eigenvalue weighted by molar-refractivity contribution is 5.82. The molecule has 0 bridgehead atoms. The number of carboxylic acids is 1. The summed E-state index contributed by atoms with van der Waals surface area (Å²) in [6.45, 7) is -1.37. The van der Waals surface area contributed by atoms with E-state index in [0.29, 0.717) is 0 Å². The number of rotatable bonds is 33. The average Bonchev–Trinajstić information content (AvgIpc) is 2.37. The van der Waals surface area contributed by atoms with Crippen LogP contribution in [0.15, 0.2) is 0 Å². The van der Waals surface area contributed by atoms with Crippen molar-refractivity contribution in [2.75, 3.05) is 99.0 Å². The first-order valence-corrected chi connectivity index (χ1v) is 30.3. The largest absolute Gasteiger partial charge is 0.479 e. The number of aliphatic hydroxyl groups excluding tert-OH is 17. The van der Waals surface area contributed by atoms with Gasteiger partial charge in [-0.3, -0.25) is 19.2 Å². The Kier molecular flexibility index (Phi) is 34.0. The van der Waals surface area contributed by atoms with Crippen LogP contribution in [0.5, 0.6) is 0 Å². The molecule has 5 rings (SSSR count). The van der Waals surface area contributed by atoms with Crippen LogP contribution in [0.25, 0.3) is 0 Å². The molecule has 22 N–H and O–H groups in total. The molecule has 36 nitrogen and oxygen atoms in total. The molecule has 29 atom stereocenters. The quantitative estimate of drug-likeness (QED) is 0.0271. The van der Waals surface area contributed by atoms with Gasteiger partial charge < -0.3 is 156 Å². The van der Waals surface area contributed by atoms with Crippen molar-refractivity contribution in [3.8, 4) is 0 Å². The molecule has 91 heavy (non-hydrogen) atoms. The molecule has 0 aromatic carbocycles. The van der Waals surface area contributed by atoms with Gasteiger partial charge in [0.05, 0.1) is 135 Å². The Hall–Kier alpha value is -3.69. The molecule has 5 saturated heterocycles. The van der Waals surface area contributed by atoms with Gasteiger partial charge in [0.2, 0.25) is 17.7 Å². The zero-order valence-electron chi connectivity index (χ0n) is 51.3. The van der Waals surface area contributed by atoms with Crippen molar-refractivity contribution >= 4 is 29.6 Å². The summed E-state index contributed by atoms with van der Waals surface area (Å²) in [5.74, 6) is -11.1. The fourth-order valence-corrected chi connectivity index (χ4v) is 11.8. The number of nitrogens with one attached hydrogen (secondary N) is 4. The van der Waals surface area contributed by atoms with Gasteiger partial charge in [-0.25, -0.2) is 4.79 Å². The molecular formula is C55H98N4O32. The Morgan fingerprint density at radius 3 is 1.33 bits per heavy atom. The number of hydrogen-bond donors (Lipinski definition) is 22. The van der Waals surface area contributed by atoms with Gasteiger partial charge in [-0.2, -0.15) is 0 Å². The molecule has 5 fully saturated rings. The highest BCUT2D eigenvalue weighted by Crippen LogP contribution is 2.34. The van der Waals surface area contributed by atoms with E-state index >= 15 is 0 Å². The molecule has 5 aliphatic heterocycles. The first kappa shape index (κ1) is 79.7. The molecule has 5 aliphatic rings. The monoisotopic (exact) mass is 1330 g/mol. The van der Waals surface area contributed by atoms with Crippen molar-refractivity contribution in [3.63, 3.8) is 0 Å². The van der Waals surface area contributed by atoms with E-state index in [9.17, 15) is 116 Å². The van der Waals surface area contributed by atoms with E-state index in [4.69, 9.17) is 42.6 Å². The lowest BCUT2D eigenvalue weighted by Gasteiger charge is -2.46. The van der Waals surface area contributed by atoms with Crippen LogP contribution in [-0.2, 0) is 66.6 Å². The molecular weight excluding hydrogens is 1230 g/mol. The lowest BCUT2D eigenvalue weighted by Crippen LogP contribution is -2.64. The normalized spacial score (nSPS) is 38.2. The third-order valence-electron chi connectivity index (χ3n) is 16.9. The van der Waals surface area contributed by atoms with Gasteiger partial charge in [0.15, 0.2) is 12.2 Å². The Bertz CT molecular complexity index is 2180. The van der Waals surface area contributed by atoms with Gasteiger partial charge in [0.25, 0.3) is 5.91 Å². The number of ether oxygens (including phenoxy) is 9. The van der Waals surface area contributed by atoms with Crippen LogP contribution in [0.4, 0.5) is 0 Å². The maximum absolute atomic E-state index is 14.2. The van der Waals surface area contributed by atoms with E-state index in [2.05, 4.69) is 21.3 Å². The van der Waals surface area contributed by atoms with E-state index in [1.807, 2.05) is 13.8 Å². The SMILES string of the molecule is CC.CCC1C(C(=O)O)OC(COCC2C(O)C(CO)OC(COCC3C(C(=O)NCCNC(=O)C(O)C(O)C(COCC4OC(CO)C(O)C(O)C4O)C(O)CO)OC(COCC4C(O)C(CO)OC(CO)C4NC(C)=O)C(O)C3O)C2NC(C)=O)C(O)C1O. The Morgan fingerprint density at radius 2 is 0.846 bits per heavy atom. The lowest BCUT2D eigenvalue weighted by atomic mass is 9.84. The van der Waals surface area contributed by atoms with Crippen LogP contribution in [0.1, 0.15) is 41.0 Å². The molecule has 0 spiro atoms. The third-order valence-corrected chi connectivity index (χ3v) is 16.9. The Morgan fingerprint density at radius 1 is 0.451 bits per heavy atom. The van der Waals surface area contributed by atoms with Gasteiger partial charge in [-0.05, 0) is 6.42 Å². The maximum Gasteiger partial charge on any atom is 0.333 e. The molecule has 0 radical (unpaired) electrons. The number of carbonyl (C=O) groups is 5. The highest BCUT2D eigenvalue weighted by atomic mass is 16.6. The van der Waals surface area contributed by atoms with Crippen molar-refractivity contribution in [2.24, 2.45) is 29.6 Å². The minimum absolute atomic E-state index is 0.154. The lowest BCUT2D eigenvalue weighted by molar-refractivity contribution is -0.240. The fourth-order valence-electron chi connectivity index (χ4n) is 11.8. The first-order valence-electron chi connectivity index (χ1n) is 30.3. The fraction of sp³-hybridized carbons (Fsp3) is 0.909. The molecule has 530 valence electrons. The van der Waals surface area contributed by atoms with Crippen LogP contribution < -0.4 is 21.3 Å². The van der Waals surface area contributed by atoms with Crippen molar-refractivity contribution in [2.45, 2.75) is 187 Å². The third kappa shape index (κ3) is 20.9. The predicted octanol–water partition coefficient (Wildman–Crippen LogP) is -12.0. The van der Waals surface area contributed by atoms with E-state index in [1.165, 1.54) is 6.92 Å². The van der Waals surface area contributed by atoms with Gasteiger partial charge in [0.1, 0.15) is 85.5 Å². The Labute approximate surface area is 524 Å². The summed E-state index contributed by atoms with van der Waals surface area (Å²) in [5.41, 5.74) is 0. The van der Waals surface area contributed by atoms with Crippen molar-refractivity contribution < 1.29 is 159 Å². The smallest absolute Gasteiger partial charge is 0.333 e. The van der Waals surface area contributed by atoms with Crippen molar-refractivity contribution in [1.82, 2.24) is 21.3 Å². The zero-order valence-corrected chi connectivity index (χ0v) is 51.3. The second-order valence-corrected chi connectivity index (χ2v) is 22.9. The summed E-state index contributed by atoms with van der Waals surface area (Å²) in [7, 11) is 0. The van der Waals surface area contributed by atoms with Gasteiger partial charge in [-0.1, -0.05) is 20.8 Å². The van der Waals surface area contributed by atoms with Crippen molar-refractivity contribution in [3.05, 3.63) is 0 Å². The van der Waals surface area contributed by atoms with Crippen LogP contribution >= 0.6 is 0 Å². The highest BCUT2D eigenvalue weighted by Gasteiger charge is 2.52. The second kappa shape index (κ2) is 38.8. The summed E-state index contributed by atoms with van der Waals surface area (Å²) in [6, 6.07) is -2.26. The molecule has 29 unspecified atom stereocenters. The summed E-state index contributed by atoms with van der Waals surface area (Å²) in [4.78, 5) is 64.1. The topological polar surface area (TPSA) is 581 Å². The van der Waals surface area contributed by atoms with Gasteiger partial charge in [0, 0.05) is 56.5 Å². The number of amides is 4. The molecule has 0 saturated carbocycles. The van der Waals surface area contributed by atoms with Gasteiger partial charge >= 0.3 is 5.97 Å². The summed E-state index contributed by atoms with van der Waals surface area (Å²) >= 11 is 0. The van der Waals surface area contributed by atoms with Crippen LogP contribution in [0.3, 0.4) is 0 Å². The van der Waals surface area contributed by atoms with E-state index in [0.717, 1.165) is 6.92 Å². The van der Waals surface area contributed by atoms with E-state index < -0.39 is 305 Å². The number of hydrogen-bond acceptors (Lipinski definition) is 31. The predicted molar refractivity (Wildman–Crippen MR) is 302 cm³/mol. The van der Waals surface area contributed by atoms with Crippen LogP contribution in [0.2, 0.25) is 0 Å². The first-order chi connectivity index (χ1) is 43.2. The number of carbonyl (C=O) groups excluding carboxylic acids is 4. The minimum atomic E-state index is -2.33. The van der Waals surface area contributed by atoms with Crippen LogP contribution in [0, 0.1) is 29.6 Å². The molecule has 0 aromatic heterocycles. The number of aliphatic hydroxyl groups is 17. The molecule has 0 aromatic rings. The van der Waals surface area contributed by atoms with Crippen molar-refractivity contribution in [1.29, 1.82) is 0 Å². The molecule has 36 heteroatoms. The summed E-state index contributed by atoms with van der Waals surface area (Å²) < 4.78 is 51.7. The standard InChI is InChI=1S/C53H92N4O32.C2H6/c1-4-22-40(68)44(72)35(89-50(22)53(79)80)19-83-14-25-37(57-21(3)64)32(86-30(10-61)39(25)67)16-84-15-26-42(70)45(73)34(18-82-13-24-36(56-20(2)63)28(8-59)85-29(9-60)38(24)66)88-49(26)52(78)55-6-5-54-51(77)48(76)41(69)23(27(65)7-58)12-81-17-33-46(74)47(75)43(71)31(11-62)87-33;1-2/h22-50,58-62,65-76H,4-19H2,1-3H3,(H,54,77)(H,55,78)(H,56,63)(H,57,64)(H,79,80);1-2H3. The second-order valence-electron chi connectivity index (χ2n) is 22.9. The van der Waals surface area contributed by atoms with E-state index in [-0.39, 0.29) is 6.42 Å². The summed E-state index contributed by atoms with van der Waals surface area (Å²) in [5, 5.41) is 199. The Balaban J connectivity index is 0.00000874. The van der Waals surface area contributed by atoms with Gasteiger partial charge in [-0.15, -0.1) is 0 Å². The molecule has 5 heterocycles. The van der Waals surface area contributed by atoms with E-state index in [1.54, 1.807) is 6.92 Å². The zero-order chi connectivity index (χ0) is 68.1. The number of carboxylic acid groups (broad SMARTS) is 1. The molecule has 0 aliphatic carbocycles. The molecule has 4 amide bonds. The average molecular weight is 1330 g/mol. The maximum atomic E-state index is 14.2. The number of aliphatic carboxylic acids is 1. The minimum Gasteiger partial charge on any atom is -0.479 e.